The van der Waals surface area contributed by atoms with E-state index in [0.717, 1.165) is 5.69 Å². The Labute approximate surface area is 165 Å². The average molecular weight is 380 g/mol. The molecule has 0 fully saturated rings. The highest BCUT2D eigenvalue weighted by Gasteiger charge is 2.12. The van der Waals surface area contributed by atoms with Crippen molar-refractivity contribution >= 4 is 21.7 Å². The van der Waals surface area contributed by atoms with Crippen LogP contribution in [0.15, 0.2) is 94.6 Å². The van der Waals surface area contributed by atoms with Crippen LogP contribution in [0.3, 0.4) is 0 Å². The van der Waals surface area contributed by atoms with Crippen LogP contribution in [0.25, 0.3) is 27.4 Å². The highest BCUT2D eigenvalue weighted by Crippen LogP contribution is 2.14. The topological polar surface area (TPSA) is 69.8 Å². The molecule has 0 aliphatic rings. The molecule has 0 spiro atoms. The minimum absolute atomic E-state index is 0.153. The Hall–Kier alpha value is -4.06. The van der Waals surface area contributed by atoms with E-state index < -0.39 is 0 Å². The van der Waals surface area contributed by atoms with Crippen LogP contribution in [0.4, 0.5) is 0 Å². The van der Waals surface area contributed by atoms with Crippen LogP contribution >= 0.6 is 0 Å². The van der Waals surface area contributed by atoms with E-state index in [0.29, 0.717) is 27.4 Å². The SMILES string of the molecule is O=c1c2ccccc2c(=O)n(Cc2cn(-c3ccccc3)nn2)c2ccccc12. The summed E-state index contributed by atoms with van der Waals surface area (Å²) in [6, 6.07) is 23.7. The first-order valence-electron chi connectivity index (χ1n) is 9.23. The molecule has 0 aliphatic heterocycles. The Kier molecular flexibility index (Phi) is 4.02. The maximum Gasteiger partial charge on any atom is 0.259 e. The Morgan fingerprint density at radius 2 is 1.38 bits per heavy atom. The van der Waals surface area contributed by atoms with Gasteiger partial charge in [0, 0.05) is 10.8 Å². The monoisotopic (exact) mass is 380 g/mol. The van der Waals surface area contributed by atoms with Crippen LogP contribution in [0.2, 0.25) is 0 Å². The minimum atomic E-state index is -0.229. The van der Waals surface area contributed by atoms with Gasteiger partial charge in [0.05, 0.1) is 29.3 Å². The molecule has 140 valence electrons. The van der Waals surface area contributed by atoms with Crippen molar-refractivity contribution < 1.29 is 0 Å². The van der Waals surface area contributed by atoms with Crippen molar-refractivity contribution in [2.24, 2.45) is 0 Å². The summed E-state index contributed by atoms with van der Waals surface area (Å²) in [5.74, 6) is 0. The van der Waals surface area contributed by atoms with Gasteiger partial charge in [-0.2, -0.15) is 0 Å². The maximum absolute atomic E-state index is 13.3. The van der Waals surface area contributed by atoms with Crippen molar-refractivity contribution in [2.75, 3.05) is 0 Å². The van der Waals surface area contributed by atoms with Crippen LogP contribution in [-0.2, 0) is 6.54 Å². The third kappa shape index (κ3) is 2.91. The summed E-state index contributed by atoms with van der Waals surface area (Å²) in [6.07, 6.45) is 1.80. The fraction of sp³-hybridized carbons (Fsp3) is 0.0435. The van der Waals surface area contributed by atoms with Crippen molar-refractivity contribution in [3.63, 3.8) is 0 Å². The number of rotatable bonds is 3. The van der Waals surface area contributed by atoms with E-state index >= 15 is 0 Å². The van der Waals surface area contributed by atoms with Gasteiger partial charge >= 0.3 is 0 Å². The van der Waals surface area contributed by atoms with E-state index in [2.05, 4.69) is 10.3 Å². The molecule has 0 radical (unpaired) electrons. The zero-order valence-corrected chi connectivity index (χ0v) is 15.4. The second-order valence-corrected chi connectivity index (χ2v) is 6.77. The molecule has 6 nitrogen and oxygen atoms in total. The number of aromatic nitrogens is 4. The van der Waals surface area contributed by atoms with E-state index in [1.165, 1.54) is 0 Å². The van der Waals surface area contributed by atoms with Crippen molar-refractivity contribution in [2.45, 2.75) is 6.54 Å². The predicted octanol–water partition coefficient (Wildman–Crippen LogP) is 3.14. The molecule has 0 saturated heterocycles. The lowest BCUT2D eigenvalue weighted by atomic mass is 10.1. The van der Waals surface area contributed by atoms with Gasteiger partial charge in [0.25, 0.3) is 5.56 Å². The zero-order chi connectivity index (χ0) is 19.8. The average Bonchev–Trinajstić information content (AvgIpc) is 3.23. The summed E-state index contributed by atoms with van der Waals surface area (Å²) in [5, 5.41) is 9.72. The Bertz CT molecular complexity index is 1470. The highest BCUT2D eigenvalue weighted by atomic mass is 16.1. The molecule has 2 heterocycles. The van der Waals surface area contributed by atoms with Crippen LogP contribution in [0, 0.1) is 0 Å². The Morgan fingerprint density at radius 1 is 0.724 bits per heavy atom. The molecule has 6 heteroatoms. The Morgan fingerprint density at radius 3 is 2.17 bits per heavy atom. The van der Waals surface area contributed by atoms with Crippen molar-refractivity contribution in [3.05, 3.63) is 111 Å². The summed E-state index contributed by atoms with van der Waals surface area (Å²) in [4.78, 5) is 26.4. The van der Waals surface area contributed by atoms with Gasteiger partial charge in [-0.15, -0.1) is 5.10 Å². The molecule has 5 rings (SSSR count). The third-order valence-electron chi connectivity index (χ3n) is 4.97. The second-order valence-electron chi connectivity index (χ2n) is 6.77. The van der Waals surface area contributed by atoms with E-state index in [-0.39, 0.29) is 17.5 Å². The van der Waals surface area contributed by atoms with Crippen molar-refractivity contribution in [1.82, 2.24) is 19.6 Å². The molecule has 29 heavy (non-hydrogen) atoms. The van der Waals surface area contributed by atoms with Crippen LogP contribution < -0.4 is 11.0 Å². The summed E-state index contributed by atoms with van der Waals surface area (Å²) in [7, 11) is 0. The first-order valence-corrected chi connectivity index (χ1v) is 9.23. The molecular weight excluding hydrogens is 364 g/mol. The van der Waals surface area contributed by atoms with E-state index in [9.17, 15) is 9.59 Å². The number of fused-ring (bicyclic) bond motifs is 2. The normalized spacial score (nSPS) is 11.2. The largest absolute Gasteiger partial charge is 0.301 e. The van der Waals surface area contributed by atoms with Crippen LogP contribution in [-0.4, -0.2) is 19.6 Å². The lowest BCUT2D eigenvalue weighted by Gasteiger charge is -2.04. The van der Waals surface area contributed by atoms with Gasteiger partial charge in [-0.25, -0.2) is 4.68 Å². The molecular formula is C23H16N4O2. The van der Waals surface area contributed by atoms with E-state index in [1.54, 1.807) is 57.9 Å². The zero-order valence-electron chi connectivity index (χ0n) is 15.4. The molecule has 2 aromatic heterocycles. The fourth-order valence-corrected chi connectivity index (χ4v) is 3.57. The molecule has 3 aromatic carbocycles. The van der Waals surface area contributed by atoms with Crippen LogP contribution in [0.1, 0.15) is 5.69 Å². The molecule has 0 N–H and O–H groups in total. The van der Waals surface area contributed by atoms with Gasteiger partial charge in [-0.05, 0) is 30.3 Å². The first kappa shape index (κ1) is 17.1. The van der Waals surface area contributed by atoms with Gasteiger partial charge in [-0.1, -0.05) is 53.7 Å². The minimum Gasteiger partial charge on any atom is -0.301 e. The second kappa shape index (κ2) is 6.83. The molecule has 0 aliphatic carbocycles. The van der Waals surface area contributed by atoms with Gasteiger partial charge in [0.1, 0.15) is 5.69 Å². The smallest absolute Gasteiger partial charge is 0.259 e. The molecule has 0 unspecified atom stereocenters. The standard InChI is InChI=1S/C23H16N4O2/c28-22-18-10-4-5-11-19(18)23(29)26(21-13-7-6-12-20(21)22)14-16-15-27(25-24-16)17-8-2-1-3-9-17/h1-13,15H,14H2. The highest BCUT2D eigenvalue weighted by molar-refractivity contribution is 5.90. The van der Waals surface area contributed by atoms with Gasteiger partial charge in [-0.3, -0.25) is 9.59 Å². The lowest BCUT2D eigenvalue weighted by Crippen LogP contribution is -2.19. The quantitative estimate of drug-likeness (QED) is 0.482. The fourth-order valence-electron chi connectivity index (χ4n) is 3.57. The van der Waals surface area contributed by atoms with Crippen molar-refractivity contribution in [1.29, 1.82) is 0 Å². The molecule has 0 saturated carbocycles. The number of hydrogen-bond donors (Lipinski definition) is 0. The van der Waals surface area contributed by atoms with E-state index in [4.69, 9.17) is 0 Å². The summed E-state index contributed by atoms with van der Waals surface area (Å²) in [5.41, 5.74) is 1.71. The lowest BCUT2D eigenvalue weighted by molar-refractivity contribution is 0.760. The molecule has 0 atom stereocenters. The maximum atomic E-state index is 13.3. The third-order valence-corrected chi connectivity index (χ3v) is 4.97. The number of nitrogens with zero attached hydrogens (tertiary/aromatic N) is 4. The van der Waals surface area contributed by atoms with Crippen molar-refractivity contribution in [3.8, 4) is 5.69 Å². The first-order chi connectivity index (χ1) is 14.2. The molecule has 0 bridgehead atoms. The summed E-state index contributed by atoms with van der Waals surface area (Å²) >= 11 is 0. The molecule has 5 aromatic rings. The number of benzene rings is 3. The van der Waals surface area contributed by atoms with Gasteiger partial charge in [0.2, 0.25) is 0 Å². The Balaban J connectivity index is 1.74. The van der Waals surface area contributed by atoms with Gasteiger partial charge in [0.15, 0.2) is 5.43 Å². The summed E-state index contributed by atoms with van der Waals surface area (Å²) in [6.45, 7) is 0.213. The number of hydrogen-bond acceptors (Lipinski definition) is 4. The van der Waals surface area contributed by atoms with Gasteiger partial charge < -0.3 is 4.57 Å². The predicted molar refractivity (Wildman–Crippen MR) is 112 cm³/mol. The number of para-hydroxylation sites is 2. The van der Waals surface area contributed by atoms with E-state index in [1.807, 2.05) is 36.4 Å². The van der Waals surface area contributed by atoms with Crippen LogP contribution in [0.5, 0.6) is 0 Å². The summed E-state index contributed by atoms with van der Waals surface area (Å²) < 4.78 is 3.26. The molecule has 0 amide bonds.